The van der Waals surface area contributed by atoms with Crippen LogP contribution in [-0.2, 0) is 20.9 Å². The summed E-state index contributed by atoms with van der Waals surface area (Å²) in [5, 5.41) is 3.26. The fourth-order valence-electron chi connectivity index (χ4n) is 5.75. The molecule has 2 amide bonds. The summed E-state index contributed by atoms with van der Waals surface area (Å²) in [6.45, 7) is 7.41. The van der Waals surface area contributed by atoms with Crippen molar-refractivity contribution in [1.82, 2.24) is 20.0 Å². The Balaban J connectivity index is 1.22. The number of carbonyl (C=O) groups excluding carboxylic acids is 2. The van der Waals surface area contributed by atoms with E-state index < -0.39 is 0 Å². The first-order chi connectivity index (χ1) is 16.7. The van der Waals surface area contributed by atoms with Crippen LogP contribution in [0.2, 0.25) is 0 Å². The molecule has 1 unspecified atom stereocenters. The highest BCUT2D eigenvalue weighted by atomic mass is 16.5. The van der Waals surface area contributed by atoms with E-state index in [0.29, 0.717) is 25.6 Å². The van der Waals surface area contributed by atoms with Crippen molar-refractivity contribution in [3.05, 3.63) is 35.9 Å². The molecule has 4 rings (SSSR count). The maximum Gasteiger partial charge on any atom is 0.248 e. The minimum atomic E-state index is -0.0598. The second-order valence-corrected chi connectivity index (χ2v) is 10.1. The monoisotopic (exact) mass is 470 g/mol. The number of ether oxygens (including phenoxy) is 1. The number of hydrogen-bond donors (Lipinski definition) is 1. The lowest BCUT2D eigenvalue weighted by atomic mass is 9.95. The van der Waals surface area contributed by atoms with E-state index in [1.807, 2.05) is 35.2 Å². The Kier molecular flexibility index (Phi) is 9.77. The number of carbonyl (C=O) groups is 2. The average molecular weight is 471 g/mol. The Hall–Kier alpha value is -1.96. The first-order valence-electron chi connectivity index (χ1n) is 13.3. The number of piperidine rings is 1. The minimum Gasteiger partial charge on any atom is -0.367 e. The van der Waals surface area contributed by atoms with Crippen LogP contribution in [0, 0.1) is 5.92 Å². The standard InChI is InChI=1S/C27H42N4O3/c32-25(22-34-21-23-9-3-1-4-10-23)30-17-19-31(20-18-30)26(24-11-5-6-12-24)27(33)28-13-16-29-14-7-2-8-15-29/h1,3-4,9-10,24,26H,2,5-8,11-22H2,(H,28,33). The predicted molar refractivity (Wildman–Crippen MR) is 133 cm³/mol. The maximum absolute atomic E-state index is 13.3. The van der Waals surface area contributed by atoms with Gasteiger partial charge in [-0.1, -0.05) is 49.6 Å². The lowest BCUT2D eigenvalue weighted by Gasteiger charge is -2.40. The van der Waals surface area contributed by atoms with Gasteiger partial charge in [-0.15, -0.1) is 0 Å². The fraction of sp³-hybridized carbons (Fsp3) is 0.704. The predicted octanol–water partition coefficient (Wildman–Crippen LogP) is 2.51. The van der Waals surface area contributed by atoms with E-state index in [1.54, 1.807) is 0 Å². The van der Waals surface area contributed by atoms with Crippen molar-refractivity contribution in [1.29, 1.82) is 0 Å². The number of likely N-dealkylation sites (tertiary alicyclic amines) is 1. The lowest BCUT2D eigenvalue weighted by Crippen LogP contribution is -2.58. The van der Waals surface area contributed by atoms with Crippen LogP contribution in [-0.4, -0.2) is 91.5 Å². The highest BCUT2D eigenvalue weighted by molar-refractivity contribution is 5.82. The molecule has 7 nitrogen and oxygen atoms in total. The third-order valence-corrected chi connectivity index (χ3v) is 7.69. The summed E-state index contributed by atoms with van der Waals surface area (Å²) in [7, 11) is 0. The number of nitrogens with zero attached hydrogens (tertiary/aromatic N) is 3. The molecule has 0 spiro atoms. The molecule has 2 saturated heterocycles. The van der Waals surface area contributed by atoms with Gasteiger partial charge in [-0.25, -0.2) is 0 Å². The zero-order chi connectivity index (χ0) is 23.6. The third kappa shape index (κ3) is 7.27. The summed E-state index contributed by atoms with van der Waals surface area (Å²) < 4.78 is 5.65. The zero-order valence-electron chi connectivity index (χ0n) is 20.6. The van der Waals surface area contributed by atoms with Crippen molar-refractivity contribution in [2.45, 2.75) is 57.6 Å². The molecule has 1 N–H and O–H groups in total. The second-order valence-electron chi connectivity index (χ2n) is 10.1. The molecule has 2 aliphatic heterocycles. The van der Waals surface area contributed by atoms with Gasteiger partial charge in [0.15, 0.2) is 0 Å². The van der Waals surface area contributed by atoms with Crippen LogP contribution < -0.4 is 5.32 Å². The Labute approximate surface area is 204 Å². The first-order valence-corrected chi connectivity index (χ1v) is 13.3. The molecule has 1 saturated carbocycles. The molecular weight excluding hydrogens is 428 g/mol. The maximum atomic E-state index is 13.3. The van der Waals surface area contributed by atoms with Crippen LogP contribution in [0.25, 0.3) is 0 Å². The SMILES string of the molecule is O=C(NCCN1CCCCC1)C(C1CCCC1)N1CCN(C(=O)COCc2ccccc2)CC1. The van der Waals surface area contributed by atoms with Gasteiger partial charge in [0.2, 0.25) is 11.8 Å². The van der Waals surface area contributed by atoms with Gasteiger partial charge in [0.1, 0.15) is 6.61 Å². The van der Waals surface area contributed by atoms with Crippen LogP contribution in [0.3, 0.4) is 0 Å². The number of amides is 2. The van der Waals surface area contributed by atoms with Gasteiger partial charge in [0.25, 0.3) is 0 Å². The van der Waals surface area contributed by atoms with Crippen LogP contribution in [0.5, 0.6) is 0 Å². The lowest BCUT2D eigenvalue weighted by molar-refractivity contribution is -0.139. The van der Waals surface area contributed by atoms with Crippen molar-refractivity contribution in [3.63, 3.8) is 0 Å². The van der Waals surface area contributed by atoms with Gasteiger partial charge in [-0.3, -0.25) is 14.5 Å². The van der Waals surface area contributed by atoms with Gasteiger partial charge < -0.3 is 19.9 Å². The van der Waals surface area contributed by atoms with Crippen LogP contribution >= 0.6 is 0 Å². The van der Waals surface area contributed by atoms with Crippen molar-refractivity contribution >= 4 is 11.8 Å². The molecule has 7 heteroatoms. The Bertz CT molecular complexity index is 754. The highest BCUT2D eigenvalue weighted by Gasteiger charge is 2.37. The Morgan fingerprint density at radius 3 is 2.32 bits per heavy atom. The molecule has 0 radical (unpaired) electrons. The van der Waals surface area contributed by atoms with Crippen LogP contribution in [0.1, 0.15) is 50.5 Å². The van der Waals surface area contributed by atoms with Crippen molar-refractivity contribution in [3.8, 4) is 0 Å². The molecule has 1 aromatic carbocycles. The van der Waals surface area contributed by atoms with E-state index >= 15 is 0 Å². The number of hydrogen-bond acceptors (Lipinski definition) is 5. The molecule has 3 aliphatic rings. The summed E-state index contributed by atoms with van der Waals surface area (Å²) >= 11 is 0. The average Bonchev–Trinajstić information content (AvgIpc) is 3.40. The van der Waals surface area contributed by atoms with Crippen molar-refractivity contribution in [2.24, 2.45) is 5.92 Å². The molecule has 0 aromatic heterocycles. The van der Waals surface area contributed by atoms with Crippen LogP contribution in [0.4, 0.5) is 0 Å². The summed E-state index contributed by atoms with van der Waals surface area (Å²) in [4.78, 5) is 32.6. The molecular formula is C27H42N4O3. The van der Waals surface area contributed by atoms with Gasteiger partial charge in [-0.05, 0) is 50.3 Å². The number of benzene rings is 1. The van der Waals surface area contributed by atoms with Crippen LogP contribution in [0.15, 0.2) is 30.3 Å². The molecule has 2 heterocycles. The van der Waals surface area contributed by atoms with Gasteiger partial charge in [-0.2, -0.15) is 0 Å². The van der Waals surface area contributed by atoms with E-state index in [-0.39, 0.29) is 24.5 Å². The minimum absolute atomic E-state index is 0.0407. The second kappa shape index (κ2) is 13.2. The fourth-order valence-corrected chi connectivity index (χ4v) is 5.75. The summed E-state index contributed by atoms with van der Waals surface area (Å²) in [6, 6.07) is 9.88. The summed E-state index contributed by atoms with van der Waals surface area (Å²) in [5.74, 6) is 0.667. The van der Waals surface area contributed by atoms with Gasteiger partial charge in [0.05, 0.1) is 12.6 Å². The topological polar surface area (TPSA) is 65.1 Å². The molecule has 3 fully saturated rings. The van der Waals surface area contributed by atoms with E-state index in [0.717, 1.165) is 57.7 Å². The van der Waals surface area contributed by atoms with Crippen molar-refractivity contribution in [2.75, 3.05) is 59.0 Å². The number of rotatable bonds is 10. The van der Waals surface area contributed by atoms with E-state index in [9.17, 15) is 9.59 Å². The molecule has 1 atom stereocenters. The Morgan fingerprint density at radius 1 is 0.912 bits per heavy atom. The third-order valence-electron chi connectivity index (χ3n) is 7.69. The van der Waals surface area contributed by atoms with Gasteiger partial charge >= 0.3 is 0 Å². The smallest absolute Gasteiger partial charge is 0.248 e. The van der Waals surface area contributed by atoms with Crippen molar-refractivity contribution < 1.29 is 14.3 Å². The molecule has 0 bridgehead atoms. The molecule has 1 aliphatic carbocycles. The quantitative estimate of drug-likeness (QED) is 0.569. The first kappa shape index (κ1) is 25.1. The Morgan fingerprint density at radius 2 is 1.62 bits per heavy atom. The van der Waals surface area contributed by atoms with E-state index in [4.69, 9.17) is 4.74 Å². The number of nitrogens with one attached hydrogen (secondary N) is 1. The van der Waals surface area contributed by atoms with Gasteiger partial charge in [0, 0.05) is 39.3 Å². The summed E-state index contributed by atoms with van der Waals surface area (Å²) in [6.07, 6.45) is 8.60. The largest absolute Gasteiger partial charge is 0.367 e. The normalized spacial score (nSPS) is 21.5. The molecule has 1 aromatic rings. The zero-order valence-corrected chi connectivity index (χ0v) is 20.6. The van der Waals surface area contributed by atoms with E-state index in [1.165, 1.54) is 32.1 Å². The van der Waals surface area contributed by atoms with E-state index in [2.05, 4.69) is 15.1 Å². The number of piperazine rings is 1. The highest BCUT2D eigenvalue weighted by Crippen LogP contribution is 2.31. The molecule has 34 heavy (non-hydrogen) atoms. The summed E-state index contributed by atoms with van der Waals surface area (Å²) in [5.41, 5.74) is 1.07. The molecule has 188 valence electrons.